The first-order chi connectivity index (χ1) is 12.5. The number of carbonyl (C=O) groups is 2. The minimum Gasteiger partial charge on any atom is -0.390 e. The van der Waals surface area contributed by atoms with Crippen molar-refractivity contribution < 1.29 is 14.7 Å². The van der Waals surface area contributed by atoms with Gasteiger partial charge in [0, 0.05) is 45.7 Å². The molecular weight excluding hydrogens is 332 g/mol. The number of aliphatic hydroxyl groups is 1. The second-order valence-corrected chi connectivity index (χ2v) is 6.96. The van der Waals surface area contributed by atoms with E-state index in [-0.39, 0.29) is 18.4 Å². The summed E-state index contributed by atoms with van der Waals surface area (Å²) in [7, 11) is 0. The third kappa shape index (κ3) is 4.59. The predicted octanol–water partition coefficient (Wildman–Crippen LogP) is 0.186. The number of nitriles is 1. The summed E-state index contributed by atoms with van der Waals surface area (Å²) in [5.74, 6) is 0.137. The van der Waals surface area contributed by atoms with Crippen LogP contribution < -0.4 is 0 Å². The monoisotopic (exact) mass is 356 g/mol. The molecule has 0 saturated carbocycles. The minimum atomic E-state index is -0.630. The van der Waals surface area contributed by atoms with Crippen LogP contribution in [0.3, 0.4) is 0 Å². The van der Waals surface area contributed by atoms with Crippen molar-refractivity contribution in [3.05, 3.63) is 35.4 Å². The summed E-state index contributed by atoms with van der Waals surface area (Å²) in [6.07, 6.45) is 0.798. The van der Waals surface area contributed by atoms with E-state index in [9.17, 15) is 14.7 Å². The maximum Gasteiger partial charge on any atom is 0.237 e. The Kier molecular flexibility index (Phi) is 5.86. The average Bonchev–Trinajstić information content (AvgIpc) is 3.02. The molecule has 2 amide bonds. The van der Waals surface area contributed by atoms with Gasteiger partial charge in [0.05, 0.1) is 24.3 Å². The molecule has 0 spiro atoms. The van der Waals surface area contributed by atoms with E-state index in [2.05, 4.69) is 6.07 Å². The number of hydrogen-bond donors (Lipinski definition) is 1. The van der Waals surface area contributed by atoms with Crippen LogP contribution >= 0.6 is 0 Å². The lowest BCUT2D eigenvalue weighted by Crippen LogP contribution is -2.52. The molecule has 3 rings (SSSR count). The minimum absolute atomic E-state index is 0.0325. The highest BCUT2D eigenvalue weighted by molar-refractivity contribution is 5.79. The number of nitrogens with zero attached hydrogens (tertiary/aromatic N) is 4. The zero-order valence-electron chi connectivity index (χ0n) is 14.8. The van der Waals surface area contributed by atoms with E-state index in [1.807, 2.05) is 17.0 Å². The third-order valence-electron chi connectivity index (χ3n) is 4.93. The van der Waals surface area contributed by atoms with Crippen molar-refractivity contribution in [2.75, 3.05) is 39.3 Å². The molecule has 2 saturated heterocycles. The van der Waals surface area contributed by atoms with Gasteiger partial charge in [-0.05, 0) is 24.1 Å². The molecule has 138 valence electrons. The van der Waals surface area contributed by atoms with Crippen LogP contribution in [0.15, 0.2) is 24.3 Å². The molecule has 7 nitrogen and oxygen atoms in total. The summed E-state index contributed by atoms with van der Waals surface area (Å²) < 4.78 is 0. The summed E-state index contributed by atoms with van der Waals surface area (Å²) in [5, 5.41) is 19.1. The molecule has 1 aromatic carbocycles. The van der Waals surface area contributed by atoms with Gasteiger partial charge in [0.25, 0.3) is 0 Å². The molecule has 1 unspecified atom stereocenters. The van der Waals surface area contributed by atoms with E-state index in [0.717, 1.165) is 12.0 Å². The van der Waals surface area contributed by atoms with E-state index in [4.69, 9.17) is 5.26 Å². The summed E-state index contributed by atoms with van der Waals surface area (Å²) in [4.78, 5) is 29.5. The molecule has 2 aliphatic rings. The number of piperazine rings is 1. The summed E-state index contributed by atoms with van der Waals surface area (Å²) in [6, 6.07) is 9.34. The van der Waals surface area contributed by atoms with E-state index >= 15 is 0 Å². The zero-order valence-corrected chi connectivity index (χ0v) is 14.8. The molecule has 0 aliphatic carbocycles. The van der Waals surface area contributed by atoms with Crippen LogP contribution in [0.25, 0.3) is 0 Å². The number of carbonyl (C=O) groups excluding carboxylic acids is 2. The molecular formula is C19H24N4O3. The number of hydrogen-bond acceptors (Lipinski definition) is 5. The molecule has 7 heteroatoms. The summed E-state index contributed by atoms with van der Waals surface area (Å²) in [6.45, 7) is 3.58. The molecule has 26 heavy (non-hydrogen) atoms. The molecule has 1 N–H and O–H groups in total. The Hall–Kier alpha value is -2.43. The number of aliphatic hydroxyl groups excluding tert-OH is 1. The van der Waals surface area contributed by atoms with Crippen LogP contribution in [0.1, 0.15) is 24.0 Å². The quantitative estimate of drug-likeness (QED) is 0.786. The Morgan fingerprint density at radius 2 is 1.81 bits per heavy atom. The fourth-order valence-electron chi connectivity index (χ4n) is 3.49. The second-order valence-electron chi connectivity index (χ2n) is 6.96. The van der Waals surface area contributed by atoms with Crippen LogP contribution in [0.4, 0.5) is 0 Å². The lowest BCUT2D eigenvalue weighted by atomic mass is 10.1. The Morgan fingerprint density at radius 3 is 2.42 bits per heavy atom. The summed E-state index contributed by atoms with van der Waals surface area (Å²) >= 11 is 0. The normalized spacial score (nSPS) is 19.7. The maximum absolute atomic E-state index is 12.4. The fourth-order valence-corrected chi connectivity index (χ4v) is 3.49. The van der Waals surface area contributed by atoms with E-state index in [0.29, 0.717) is 51.3 Å². The van der Waals surface area contributed by atoms with Crippen molar-refractivity contribution in [2.45, 2.75) is 25.5 Å². The Bertz CT molecular complexity index is 698. The molecule has 2 fully saturated rings. The number of benzene rings is 1. The van der Waals surface area contributed by atoms with Crippen molar-refractivity contribution >= 4 is 11.8 Å². The predicted molar refractivity (Wildman–Crippen MR) is 94.8 cm³/mol. The van der Waals surface area contributed by atoms with Gasteiger partial charge in [0.1, 0.15) is 0 Å². The van der Waals surface area contributed by atoms with Gasteiger partial charge < -0.3 is 14.9 Å². The van der Waals surface area contributed by atoms with Crippen LogP contribution in [-0.4, -0.2) is 77.0 Å². The molecule has 1 aromatic rings. The molecule has 1 atom stereocenters. The summed E-state index contributed by atoms with van der Waals surface area (Å²) in [5.41, 5.74) is 1.61. The molecule has 2 heterocycles. The first kappa shape index (κ1) is 18.4. The smallest absolute Gasteiger partial charge is 0.237 e. The van der Waals surface area contributed by atoms with E-state index in [1.165, 1.54) is 0 Å². The van der Waals surface area contributed by atoms with Crippen LogP contribution in [0, 0.1) is 11.3 Å². The fraction of sp³-hybridized carbons (Fsp3) is 0.526. The number of amides is 2. The highest BCUT2D eigenvalue weighted by atomic mass is 16.3. The highest BCUT2D eigenvalue weighted by Gasteiger charge is 2.27. The zero-order chi connectivity index (χ0) is 18.5. The van der Waals surface area contributed by atoms with Crippen LogP contribution in [0.2, 0.25) is 0 Å². The molecule has 0 radical (unpaired) electrons. The largest absolute Gasteiger partial charge is 0.390 e. The van der Waals surface area contributed by atoms with Gasteiger partial charge in [-0.25, -0.2) is 0 Å². The number of likely N-dealkylation sites (tertiary alicyclic amines) is 1. The van der Waals surface area contributed by atoms with Crippen molar-refractivity contribution in [1.29, 1.82) is 5.26 Å². The average molecular weight is 356 g/mol. The standard InChI is InChI=1S/C19H24N4O3/c20-10-15-3-5-16(6-4-15)11-23-9-8-21(14-19(23)26)12-17(24)13-22-7-1-2-18(22)25/h3-6,17,24H,1-2,7-9,11-14H2. The lowest BCUT2D eigenvalue weighted by Gasteiger charge is -2.35. The Balaban J connectivity index is 1.46. The maximum atomic E-state index is 12.4. The second kappa shape index (κ2) is 8.30. The van der Waals surface area contributed by atoms with Crippen molar-refractivity contribution in [3.63, 3.8) is 0 Å². The van der Waals surface area contributed by atoms with Gasteiger partial charge in [-0.1, -0.05) is 12.1 Å². The topological polar surface area (TPSA) is 87.9 Å². The first-order valence-electron chi connectivity index (χ1n) is 9.00. The SMILES string of the molecule is N#Cc1ccc(CN2CCN(CC(O)CN3CCCC3=O)CC2=O)cc1. The Labute approximate surface area is 153 Å². The number of β-amino-alcohol motifs (C(OH)–C–C–N with tert-alkyl or cyclic N) is 1. The molecule has 0 aromatic heterocycles. The van der Waals surface area contributed by atoms with E-state index in [1.54, 1.807) is 21.9 Å². The van der Waals surface area contributed by atoms with Gasteiger partial charge in [0.2, 0.25) is 11.8 Å². The highest BCUT2D eigenvalue weighted by Crippen LogP contribution is 2.13. The van der Waals surface area contributed by atoms with Gasteiger partial charge in [-0.15, -0.1) is 0 Å². The molecule has 2 aliphatic heterocycles. The van der Waals surface area contributed by atoms with Gasteiger partial charge in [-0.2, -0.15) is 5.26 Å². The lowest BCUT2D eigenvalue weighted by molar-refractivity contribution is -0.137. The third-order valence-corrected chi connectivity index (χ3v) is 4.93. The number of rotatable bonds is 6. The van der Waals surface area contributed by atoms with Gasteiger partial charge in [0.15, 0.2) is 0 Å². The van der Waals surface area contributed by atoms with Crippen LogP contribution in [-0.2, 0) is 16.1 Å². The molecule has 0 bridgehead atoms. The van der Waals surface area contributed by atoms with Crippen molar-refractivity contribution in [2.24, 2.45) is 0 Å². The van der Waals surface area contributed by atoms with Crippen molar-refractivity contribution in [3.8, 4) is 6.07 Å². The Morgan fingerprint density at radius 1 is 1.04 bits per heavy atom. The van der Waals surface area contributed by atoms with Gasteiger partial charge in [-0.3, -0.25) is 14.5 Å². The van der Waals surface area contributed by atoms with Crippen molar-refractivity contribution in [1.82, 2.24) is 14.7 Å². The first-order valence-corrected chi connectivity index (χ1v) is 9.00. The van der Waals surface area contributed by atoms with Crippen LogP contribution in [0.5, 0.6) is 0 Å². The van der Waals surface area contributed by atoms with Gasteiger partial charge >= 0.3 is 0 Å². The van der Waals surface area contributed by atoms with E-state index < -0.39 is 6.10 Å².